The van der Waals surface area contributed by atoms with Crippen LogP contribution in [0.15, 0.2) is 42.5 Å². The molecular formula is C21H24ClN3O. The number of amides is 1. The average Bonchev–Trinajstić information content (AvgIpc) is 3.03. The first kappa shape index (κ1) is 18.5. The number of H-pyrrole nitrogens is 1. The molecule has 1 atom stereocenters. The highest BCUT2D eigenvalue weighted by atomic mass is 35.5. The van der Waals surface area contributed by atoms with Crippen LogP contribution in [-0.2, 0) is 6.42 Å². The van der Waals surface area contributed by atoms with Crippen LogP contribution in [0, 0.1) is 5.92 Å². The van der Waals surface area contributed by atoms with Crippen LogP contribution in [0.25, 0.3) is 10.9 Å². The van der Waals surface area contributed by atoms with E-state index in [0.717, 1.165) is 35.0 Å². The van der Waals surface area contributed by atoms with E-state index in [2.05, 4.69) is 36.3 Å². The monoisotopic (exact) mass is 369 g/mol. The number of halogens is 1. The summed E-state index contributed by atoms with van der Waals surface area (Å²) < 4.78 is 0. The summed E-state index contributed by atoms with van der Waals surface area (Å²) in [6, 6.07) is 13.2. The maximum absolute atomic E-state index is 12.9. The van der Waals surface area contributed by atoms with Gasteiger partial charge in [-0.15, -0.1) is 0 Å². The second-order valence-electron chi connectivity index (χ2n) is 6.96. The molecule has 0 aliphatic heterocycles. The van der Waals surface area contributed by atoms with Crippen molar-refractivity contribution in [1.29, 1.82) is 0 Å². The van der Waals surface area contributed by atoms with Crippen LogP contribution in [0.2, 0.25) is 5.02 Å². The number of rotatable bonds is 6. The highest BCUT2D eigenvalue weighted by Gasteiger charge is 2.20. The van der Waals surface area contributed by atoms with E-state index in [4.69, 9.17) is 11.6 Å². The Hall–Kier alpha value is -2.33. The fraction of sp³-hybridized carbons (Fsp3) is 0.333. The predicted molar refractivity (Wildman–Crippen MR) is 107 cm³/mol. The van der Waals surface area contributed by atoms with Crippen molar-refractivity contribution in [2.75, 3.05) is 0 Å². The number of nitrogens with one attached hydrogen (secondary N) is 2. The topological polar surface area (TPSA) is 57.8 Å². The molecule has 0 fully saturated rings. The maximum atomic E-state index is 12.9. The Bertz CT molecular complexity index is 917. The summed E-state index contributed by atoms with van der Waals surface area (Å²) in [6.07, 6.45) is 1.67. The summed E-state index contributed by atoms with van der Waals surface area (Å²) in [6.45, 7) is 6.35. The first-order chi connectivity index (χ1) is 12.5. The normalized spacial score (nSPS) is 12.5. The summed E-state index contributed by atoms with van der Waals surface area (Å²) in [4.78, 5) is 12.9. The number of aromatic nitrogens is 2. The van der Waals surface area contributed by atoms with Gasteiger partial charge in [0.05, 0.1) is 11.6 Å². The van der Waals surface area contributed by atoms with Crippen LogP contribution >= 0.6 is 11.6 Å². The van der Waals surface area contributed by atoms with Crippen molar-refractivity contribution in [3.05, 3.63) is 64.3 Å². The number of hydrogen-bond acceptors (Lipinski definition) is 2. The molecule has 0 saturated heterocycles. The lowest BCUT2D eigenvalue weighted by Crippen LogP contribution is -2.29. The second kappa shape index (κ2) is 7.92. The number of carbonyl (C=O) groups is 1. The van der Waals surface area contributed by atoms with E-state index in [1.54, 1.807) is 0 Å². The number of benzene rings is 2. The lowest BCUT2D eigenvalue weighted by Gasteiger charge is -2.22. The van der Waals surface area contributed by atoms with Gasteiger partial charge in [0, 0.05) is 21.7 Å². The lowest BCUT2D eigenvalue weighted by atomic mass is 9.96. The van der Waals surface area contributed by atoms with Gasteiger partial charge in [-0.25, -0.2) is 0 Å². The van der Waals surface area contributed by atoms with Crippen molar-refractivity contribution in [3.8, 4) is 0 Å². The molecule has 1 amide bonds. The average molecular weight is 370 g/mol. The zero-order valence-corrected chi connectivity index (χ0v) is 16.1. The van der Waals surface area contributed by atoms with Gasteiger partial charge >= 0.3 is 0 Å². The van der Waals surface area contributed by atoms with Crippen molar-refractivity contribution >= 4 is 28.4 Å². The second-order valence-corrected chi connectivity index (χ2v) is 7.37. The molecule has 136 valence electrons. The molecule has 0 radical (unpaired) electrons. The van der Waals surface area contributed by atoms with Crippen LogP contribution in [0.5, 0.6) is 0 Å². The van der Waals surface area contributed by atoms with E-state index in [1.807, 2.05) is 42.5 Å². The zero-order chi connectivity index (χ0) is 18.7. The zero-order valence-electron chi connectivity index (χ0n) is 15.3. The van der Waals surface area contributed by atoms with Gasteiger partial charge in [0.1, 0.15) is 0 Å². The predicted octanol–water partition coefficient (Wildman–Crippen LogP) is 5.30. The van der Waals surface area contributed by atoms with Crippen molar-refractivity contribution < 1.29 is 4.79 Å². The minimum atomic E-state index is -0.123. The van der Waals surface area contributed by atoms with Gasteiger partial charge in [0.25, 0.3) is 5.91 Å². The largest absolute Gasteiger partial charge is 0.345 e. The van der Waals surface area contributed by atoms with Crippen molar-refractivity contribution in [1.82, 2.24) is 15.5 Å². The number of carbonyl (C=O) groups excluding carboxylic acids is 1. The van der Waals surface area contributed by atoms with Gasteiger partial charge in [-0.1, -0.05) is 50.6 Å². The van der Waals surface area contributed by atoms with E-state index < -0.39 is 0 Å². The fourth-order valence-electron chi connectivity index (χ4n) is 3.21. The van der Waals surface area contributed by atoms with Crippen LogP contribution < -0.4 is 5.32 Å². The van der Waals surface area contributed by atoms with E-state index in [-0.39, 0.29) is 11.9 Å². The Morgan fingerprint density at radius 3 is 2.69 bits per heavy atom. The minimum Gasteiger partial charge on any atom is -0.345 e. The van der Waals surface area contributed by atoms with Crippen LogP contribution in [-0.4, -0.2) is 16.1 Å². The molecule has 0 bridgehead atoms. The standard InChI is InChI=1S/C21H24ClN3O/c1-4-18-16-12-14(9-10-19(16)25-24-18)21(26)23-20(11-13(2)3)15-7-5-6-8-17(15)22/h5-10,12-13,20H,4,11H2,1-3H3,(H,23,26)(H,24,25). The number of aryl methyl sites for hydroxylation is 1. The molecule has 2 N–H and O–H groups in total. The Morgan fingerprint density at radius 2 is 2.00 bits per heavy atom. The first-order valence-corrected chi connectivity index (χ1v) is 9.39. The number of fused-ring (bicyclic) bond motifs is 1. The van der Waals surface area contributed by atoms with Gasteiger partial charge in [-0.05, 0) is 48.6 Å². The van der Waals surface area contributed by atoms with E-state index in [0.29, 0.717) is 16.5 Å². The third-order valence-corrected chi connectivity index (χ3v) is 4.89. The summed E-state index contributed by atoms with van der Waals surface area (Å²) >= 11 is 6.37. The van der Waals surface area contributed by atoms with Crippen LogP contribution in [0.4, 0.5) is 0 Å². The first-order valence-electron chi connectivity index (χ1n) is 9.01. The number of hydrogen-bond donors (Lipinski definition) is 2. The third-order valence-electron chi connectivity index (χ3n) is 4.54. The van der Waals surface area contributed by atoms with Crippen molar-refractivity contribution in [2.45, 2.75) is 39.7 Å². The minimum absolute atomic E-state index is 0.0966. The lowest BCUT2D eigenvalue weighted by molar-refractivity contribution is 0.0932. The van der Waals surface area contributed by atoms with Gasteiger partial charge in [-0.3, -0.25) is 9.89 Å². The molecule has 2 aromatic carbocycles. The molecule has 0 spiro atoms. The van der Waals surface area contributed by atoms with E-state index in [1.165, 1.54) is 0 Å². The summed E-state index contributed by atoms with van der Waals surface area (Å²) in [5.41, 5.74) is 3.51. The SMILES string of the molecule is CCc1[nH]nc2ccc(C(=O)NC(CC(C)C)c3ccccc3Cl)cc12. The van der Waals surface area contributed by atoms with Crippen LogP contribution in [0.1, 0.15) is 54.8 Å². The van der Waals surface area contributed by atoms with Gasteiger partial charge < -0.3 is 5.32 Å². The molecular weight excluding hydrogens is 346 g/mol. The number of nitrogens with zero attached hydrogens (tertiary/aromatic N) is 1. The molecule has 3 rings (SSSR count). The maximum Gasteiger partial charge on any atom is 0.251 e. The quantitative estimate of drug-likeness (QED) is 0.619. The summed E-state index contributed by atoms with van der Waals surface area (Å²) in [5.74, 6) is 0.334. The van der Waals surface area contributed by atoms with E-state index >= 15 is 0 Å². The Labute approximate surface area is 159 Å². The van der Waals surface area contributed by atoms with Crippen LogP contribution in [0.3, 0.4) is 0 Å². The van der Waals surface area contributed by atoms with Gasteiger partial charge in [0.15, 0.2) is 0 Å². The Kier molecular flexibility index (Phi) is 5.62. The van der Waals surface area contributed by atoms with E-state index in [9.17, 15) is 4.79 Å². The van der Waals surface area contributed by atoms with Gasteiger partial charge in [0.2, 0.25) is 0 Å². The summed E-state index contributed by atoms with van der Waals surface area (Å²) in [5, 5.41) is 12.1. The summed E-state index contributed by atoms with van der Waals surface area (Å²) in [7, 11) is 0. The molecule has 5 heteroatoms. The Morgan fingerprint density at radius 1 is 1.23 bits per heavy atom. The van der Waals surface area contributed by atoms with Crippen molar-refractivity contribution in [3.63, 3.8) is 0 Å². The molecule has 1 aromatic heterocycles. The number of aromatic amines is 1. The highest BCUT2D eigenvalue weighted by molar-refractivity contribution is 6.31. The molecule has 3 aromatic rings. The molecule has 26 heavy (non-hydrogen) atoms. The molecule has 4 nitrogen and oxygen atoms in total. The third kappa shape index (κ3) is 3.91. The highest BCUT2D eigenvalue weighted by Crippen LogP contribution is 2.28. The molecule has 0 saturated carbocycles. The van der Waals surface area contributed by atoms with Gasteiger partial charge in [-0.2, -0.15) is 5.10 Å². The fourth-order valence-corrected chi connectivity index (χ4v) is 3.48. The Balaban J connectivity index is 1.89. The molecule has 1 unspecified atom stereocenters. The smallest absolute Gasteiger partial charge is 0.251 e. The molecule has 0 aliphatic carbocycles. The van der Waals surface area contributed by atoms with Crippen molar-refractivity contribution in [2.24, 2.45) is 5.92 Å². The molecule has 0 aliphatic rings. The molecule has 1 heterocycles.